The van der Waals surface area contributed by atoms with E-state index >= 15 is 0 Å². The number of likely N-dealkylation sites (tertiary alicyclic amines) is 1. The Bertz CT molecular complexity index is 1370. The molecule has 3 aromatic rings. The van der Waals surface area contributed by atoms with Gasteiger partial charge in [0, 0.05) is 35.0 Å². The van der Waals surface area contributed by atoms with Crippen molar-refractivity contribution in [2.45, 2.75) is 49.9 Å². The lowest BCUT2D eigenvalue weighted by atomic mass is 9.66. The van der Waals surface area contributed by atoms with Crippen LogP contribution in [0.25, 0.3) is 11.0 Å². The number of piperidine rings is 1. The van der Waals surface area contributed by atoms with E-state index in [2.05, 4.69) is 0 Å². The highest BCUT2D eigenvalue weighted by Gasteiger charge is 2.50. The normalized spacial score (nSPS) is 24.1. The molecule has 2 fully saturated rings. The molecule has 196 valence electrons. The number of hydrogen-bond donors (Lipinski definition) is 1. The summed E-state index contributed by atoms with van der Waals surface area (Å²) in [5, 5.41) is 11.7. The summed E-state index contributed by atoms with van der Waals surface area (Å²) in [6.45, 7) is -0.0338. The van der Waals surface area contributed by atoms with E-state index in [1.807, 2.05) is 12.1 Å². The lowest BCUT2D eigenvalue weighted by molar-refractivity contribution is -0.157. The maximum absolute atomic E-state index is 13.4. The van der Waals surface area contributed by atoms with Crippen LogP contribution in [-0.2, 0) is 11.0 Å². The fraction of sp³-hybridized carbons (Fsp3) is 0.407. The van der Waals surface area contributed by atoms with Gasteiger partial charge < -0.3 is 19.2 Å². The molecule has 1 N–H and O–H groups in total. The van der Waals surface area contributed by atoms with Gasteiger partial charge in [0.15, 0.2) is 6.61 Å². The van der Waals surface area contributed by atoms with Gasteiger partial charge in [0.1, 0.15) is 11.3 Å². The molecule has 2 aliphatic rings. The highest BCUT2D eigenvalue weighted by atomic mass is 35.5. The SMILES string of the molecule is O=C(COc1ccc2c(C(F)(F)F)cc(=O)oc2c1)N1CCC2(O)CCCCC2C1c1ccc(Cl)cc1. The van der Waals surface area contributed by atoms with Crippen molar-refractivity contribution in [2.75, 3.05) is 13.2 Å². The summed E-state index contributed by atoms with van der Waals surface area (Å²) in [4.78, 5) is 26.8. The van der Waals surface area contributed by atoms with Gasteiger partial charge in [-0.25, -0.2) is 4.79 Å². The van der Waals surface area contributed by atoms with Crippen molar-refractivity contribution in [2.24, 2.45) is 5.92 Å². The van der Waals surface area contributed by atoms with Crippen LogP contribution >= 0.6 is 11.6 Å². The lowest BCUT2D eigenvalue weighted by Gasteiger charge is -2.52. The number of fused-ring (bicyclic) bond motifs is 2. The van der Waals surface area contributed by atoms with Gasteiger partial charge in [-0.2, -0.15) is 13.2 Å². The molecule has 1 aliphatic heterocycles. The van der Waals surface area contributed by atoms with Crippen LogP contribution in [0.1, 0.15) is 49.3 Å². The second-order valence-electron chi connectivity index (χ2n) is 9.71. The van der Waals surface area contributed by atoms with E-state index in [4.69, 9.17) is 20.8 Å². The number of nitrogens with zero attached hydrogens (tertiary/aromatic N) is 1. The number of carbonyl (C=O) groups is 1. The van der Waals surface area contributed by atoms with Crippen LogP contribution in [0.5, 0.6) is 5.75 Å². The van der Waals surface area contributed by atoms with Crippen molar-refractivity contribution in [1.29, 1.82) is 0 Å². The summed E-state index contributed by atoms with van der Waals surface area (Å²) in [5.74, 6) is -0.369. The van der Waals surface area contributed by atoms with E-state index in [9.17, 15) is 27.9 Å². The molecule has 1 saturated heterocycles. The lowest BCUT2D eigenvalue weighted by Crippen LogP contribution is -2.56. The summed E-state index contributed by atoms with van der Waals surface area (Å²) in [5.41, 5.74) is -2.50. The average molecular weight is 536 g/mol. The minimum Gasteiger partial charge on any atom is -0.484 e. The molecule has 2 aromatic carbocycles. The Labute approximate surface area is 215 Å². The Morgan fingerprint density at radius 3 is 2.62 bits per heavy atom. The van der Waals surface area contributed by atoms with Gasteiger partial charge in [-0.1, -0.05) is 36.6 Å². The zero-order valence-corrected chi connectivity index (χ0v) is 20.5. The Balaban J connectivity index is 1.39. The second-order valence-corrected chi connectivity index (χ2v) is 10.1. The summed E-state index contributed by atoms with van der Waals surface area (Å²) in [6.07, 6.45) is -0.918. The fourth-order valence-electron chi connectivity index (χ4n) is 5.73. The summed E-state index contributed by atoms with van der Waals surface area (Å²) in [7, 11) is 0. The predicted octanol–water partition coefficient (Wildman–Crippen LogP) is 5.74. The van der Waals surface area contributed by atoms with Gasteiger partial charge in [0.25, 0.3) is 5.91 Å². The van der Waals surface area contributed by atoms with Crippen molar-refractivity contribution in [3.63, 3.8) is 0 Å². The van der Waals surface area contributed by atoms with E-state index in [-0.39, 0.29) is 41.2 Å². The van der Waals surface area contributed by atoms with Crippen molar-refractivity contribution >= 4 is 28.5 Å². The predicted molar refractivity (Wildman–Crippen MR) is 130 cm³/mol. The van der Waals surface area contributed by atoms with Crippen LogP contribution in [0, 0.1) is 5.92 Å². The van der Waals surface area contributed by atoms with E-state index in [1.54, 1.807) is 17.0 Å². The minimum atomic E-state index is -4.72. The van der Waals surface area contributed by atoms with Crippen LogP contribution in [-0.4, -0.2) is 34.7 Å². The van der Waals surface area contributed by atoms with Crippen molar-refractivity contribution in [1.82, 2.24) is 4.90 Å². The fourth-order valence-corrected chi connectivity index (χ4v) is 5.86. The zero-order chi connectivity index (χ0) is 26.4. The molecule has 2 heterocycles. The molecule has 0 bridgehead atoms. The number of hydrogen-bond acceptors (Lipinski definition) is 5. The number of halogens is 4. The van der Waals surface area contributed by atoms with Crippen molar-refractivity contribution in [3.05, 3.63) is 75.1 Å². The van der Waals surface area contributed by atoms with Crippen LogP contribution < -0.4 is 10.4 Å². The van der Waals surface area contributed by atoms with Crippen molar-refractivity contribution in [3.8, 4) is 5.75 Å². The molecule has 1 amide bonds. The average Bonchev–Trinajstić information content (AvgIpc) is 2.85. The number of carbonyl (C=O) groups excluding carboxylic acids is 1. The first kappa shape index (κ1) is 25.6. The number of alkyl halides is 3. The maximum atomic E-state index is 13.4. The standard InChI is InChI=1S/C27H25ClF3NO5/c28-17-6-4-16(5-7-17)25-20-3-1-2-10-26(20,35)11-12-32(25)23(33)15-36-18-8-9-19-21(27(29,30)31)14-24(34)37-22(19)13-18/h4-9,13-14,20,25,35H,1-3,10-12,15H2. The summed E-state index contributed by atoms with van der Waals surface area (Å²) < 4.78 is 50.5. The third kappa shape index (κ3) is 5.07. The highest BCUT2D eigenvalue weighted by Crippen LogP contribution is 2.49. The van der Waals surface area contributed by atoms with Crippen LogP contribution in [0.3, 0.4) is 0 Å². The van der Waals surface area contributed by atoms with Crippen LogP contribution in [0.2, 0.25) is 5.02 Å². The van der Waals surface area contributed by atoms with Gasteiger partial charge in [-0.05, 0) is 49.1 Å². The quantitative estimate of drug-likeness (QED) is 0.431. The molecule has 37 heavy (non-hydrogen) atoms. The van der Waals surface area contributed by atoms with E-state index < -0.39 is 23.0 Å². The summed E-state index contributed by atoms with van der Waals surface area (Å²) >= 11 is 6.08. The molecule has 1 saturated carbocycles. The van der Waals surface area contributed by atoms with Crippen molar-refractivity contribution < 1.29 is 32.2 Å². The first-order valence-corrected chi connectivity index (χ1v) is 12.5. The third-order valence-corrected chi connectivity index (χ3v) is 7.74. The molecule has 3 atom stereocenters. The van der Waals surface area contributed by atoms with Gasteiger partial charge in [0.2, 0.25) is 0 Å². The maximum Gasteiger partial charge on any atom is 0.417 e. The number of aliphatic hydroxyl groups is 1. The highest BCUT2D eigenvalue weighted by molar-refractivity contribution is 6.30. The van der Waals surface area contributed by atoms with E-state index in [0.717, 1.165) is 30.9 Å². The van der Waals surface area contributed by atoms with Gasteiger partial charge in [-0.15, -0.1) is 0 Å². The first-order valence-electron chi connectivity index (χ1n) is 12.1. The van der Waals surface area contributed by atoms with Gasteiger partial charge in [0.05, 0.1) is 17.2 Å². The molecule has 1 aliphatic carbocycles. The molecule has 3 unspecified atom stereocenters. The smallest absolute Gasteiger partial charge is 0.417 e. The molecule has 0 radical (unpaired) electrons. The third-order valence-electron chi connectivity index (χ3n) is 7.48. The second kappa shape index (κ2) is 9.68. The number of ether oxygens (including phenoxy) is 1. The number of benzene rings is 2. The Morgan fingerprint density at radius 2 is 1.89 bits per heavy atom. The Morgan fingerprint density at radius 1 is 1.14 bits per heavy atom. The number of amides is 1. The molecule has 5 rings (SSSR count). The minimum absolute atomic E-state index is 0.0950. The largest absolute Gasteiger partial charge is 0.484 e. The van der Waals surface area contributed by atoms with E-state index in [1.165, 1.54) is 12.1 Å². The molecule has 1 aromatic heterocycles. The Hall–Kier alpha value is -3.04. The zero-order valence-electron chi connectivity index (χ0n) is 19.8. The molecule has 10 heteroatoms. The topological polar surface area (TPSA) is 80.0 Å². The monoisotopic (exact) mass is 535 g/mol. The molecule has 0 spiro atoms. The van der Waals surface area contributed by atoms with Crippen LogP contribution in [0.15, 0.2) is 57.7 Å². The van der Waals surface area contributed by atoms with E-state index in [0.29, 0.717) is 30.5 Å². The van der Waals surface area contributed by atoms with Gasteiger partial charge >= 0.3 is 11.8 Å². The molecular weight excluding hydrogens is 511 g/mol. The Kier molecular flexibility index (Phi) is 6.70. The molecular formula is C27H25ClF3NO5. The summed E-state index contributed by atoms with van der Waals surface area (Å²) in [6, 6.07) is 10.9. The van der Waals surface area contributed by atoms with Gasteiger partial charge in [-0.3, -0.25) is 4.79 Å². The van der Waals surface area contributed by atoms with Crippen LogP contribution in [0.4, 0.5) is 13.2 Å². The molecule has 6 nitrogen and oxygen atoms in total. The first-order chi connectivity index (χ1) is 17.5. The number of rotatable bonds is 4.